The number of halogens is 1. The first-order chi connectivity index (χ1) is 14.3. The first-order valence-electron chi connectivity index (χ1n) is 10.7. The number of hydrogen-bond acceptors (Lipinski definition) is 5. The molecule has 7 nitrogen and oxygen atoms in total. The molecule has 2 rings (SSSR count). The van der Waals surface area contributed by atoms with E-state index < -0.39 is 0 Å². The van der Waals surface area contributed by atoms with Crippen molar-refractivity contribution in [3.8, 4) is 5.75 Å². The highest BCUT2D eigenvalue weighted by atomic mass is 127. The number of ether oxygens (including phenoxy) is 3. The minimum Gasteiger partial charge on any atom is -0.497 e. The van der Waals surface area contributed by atoms with Crippen LogP contribution in [0.4, 0.5) is 0 Å². The Hall–Kier alpha value is -1.10. The van der Waals surface area contributed by atoms with Gasteiger partial charge in [0, 0.05) is 39.9 Å². The molecule has 1 atom stereocenters. The molecule has 0 saturated carbocycles. The molecule has 1 aromatic carbocycles. The number of unbranched alkanes of at least 4 members (excludes halogenated alkanes) is 2. The van der Waals surface area contributed by atoms with Crippen molar-refractivity contribution in [2.24, 2.45) is 4.99 Å². The van der Waals surface area contributed by atoms with Crippen molar-refractivity contribution in [3.63, 3.8) is 0 Å². The van der Waals surface area contributed by atoms with Crippen molar-refractivity contribution in [3.05, 3.63) is 29.8 Å². The minimum absolute atomic E-state index is 0. The number of morpholine rings is 1. The topological polar surface area (TPSA) is 67.4 Å². The largest absolute Gasteiger partial charge is 0.497 e. The molecule has 1 unspecified atom stereocenters. The minimum atomic E-state index is 0. The number of benzene rings is 1. The molecule has 1 saturated heterocycles. The molecule has 1 aliphatic rings. The molecular weight excluding hydrogens is 495 g/mol. The van der Waals surface area contributed by atoms with Gasteiger partial charge in [-0.25, -0.2) is 0 Å². The summed E-state index contributed by atoms with van der Waals surface area (Å²) in [6.45, 7) is 8.79. The van der Waals surface area contributed by atoms with Crippen LogP contribution in [0, 0.1) is 0 Å². The van der Waals surface area contributed by atoms with Crippen LogP contribution >= 0.6 is 24.0 Å². The van der Waals surface area contributed by atoms with Gasteiger partial charge in [-0.3, -0.25) is 9.89 Å². The molecule has 2 N–H and O–H groups in total. The summed E-state index contributed by atoms with van der Waals surface area (Å²) >= 11 is 0. The van der Waals surface area contributed by atoms with Crippen LogP contribution in [-0.4, -0.2) is 77.6 Å². The lowest BCUT2D eigenvalue weighted by Gasteiger charge is -2.34. The number of guanidine groups is 1. The average molecular weight is 534 g/mol. The Labute approximate surface area is 199 Å². The predicted octanol–water partition coefficient (Wildman–Crippen LogP) is 3.06. The fraction of sp³-hybridized carbons (Fsp3) is 0.682. The molecule has 172 valence electrons. The van der Waals surface area contributed by atoms with Gasteiger partial charge < -0.3 is 24.8 Å². The zero-order valence-corrected chi connectivity index (χ0v) is 21.0. The second-order valence-electron chi connectivity index (χ2n) is 7.14. The molecule has 0 radical (unpaired) electrons. The number of aliphatic imine (C=N–C) groups is 1. The van der Waals surface area contributed by atoms with Crippen molar-refractivity contribution in [1.82, 2.24) is 15.5 Å². The Morgan fingerprint density at radius 3 is 2.47 bits per heavy atom. The highest BCUT2D eigenvalue weighted by Crippen LogP contribution is 2.24. The summed E-state index contributed by atoms with van der Waals surface area (Å²) in [5.74, 6) is 1.76. The highest BCUT2D eigenvalue weighted by molar-refractivity contribution is 14.0. The van der Waals surface area contributed by atoms with Gasteiger partial charge in [0.15, 0.2) is 5.96 Å². The second-order valence-corrected chi connectivity index (χ2v) is 7.14. The Morgan fingerprint density at radius 1 is 1.10 bits per heavy atom. The average Bonchev–Trinajstić information content (AvgIpc) is 2.77. The van der Waals surface area contributed by atoms with Gasteiger partial charge in [-0.05, 0) is 43.9 Å². The first-order valence-corrected chi connectivity index (χ1v) is 10.7. The third-order valence-electron chi connectivity index (χ3n) is 5.07. The van der Waals surface area contributed by atoms with Crippen LogP contribution in [0.5, 0.6) is 5.75 Å². The van der Waals surface area contributed by atoms with Crippen LogP contribution in [0.1, 0.15) is 37.8 Å². The van der Waals surface area contributed by atoms with Crippen molar-refractivity contribution in [1.29, 1.82) is 0 Å². The van der Waals surface area contributed by atoms with Gasteiger partial charge in [0.05, 0.1) is 32.9 Å². The number of nitrogens with zero attached hydrogens (tertiary/aromatic N) is 2. The molecule has 0 bridgehead atoms. The zero-order chi connectivity index (χ0) is 20.7. The lowest BCUT2D eigenvalue weighted by molar-refractivity contribution is 0.0179. The van der Waals surface area contributed by atoms with Gasteiger partial charge in [-0.1, -0.05) is 12.1 Å². The van der Waals surface area contributed by atoms with Gasteiger partial charge in [0.2, 0.25) is 0 Å². The zero-order valence-electron chi connectivity index (χ0n) is 18.7. The van der Waals surface area contributed by atoms with E-state index in [0.717, 1.165) is 77.0 Å². The van der Waals surface area contributed by atoms with Gasteiger partial charge in [0.25, 0.3) is 0 Å². The fourth-order valence-corrected chi connectivity index (χ4v) is 3.42. The van der Waals surface area contributed by atoms with Crippen LogP contribution in [0.3, 0.4) is 0 Å². The first kappa shape index (κ1) is 26.9. The number of hydrogen-bond donors (Lipinski definition) is 2. The standard InChI is InChI=1S/C22H38N4O3.HI/c1-4-23-22(24-12-6-5-7-15-27-2)25-18-21(26-13-16-29-17-14-26)19-8-10-20(28-3)11-9-19;/h8-11,21H,4-7,12-18H2,1-3H3,(H2,23,24,25);1H. The normalized spacial score (nSPS) is 15.9. The van der Waals surface area contributed by atoms with Crippen LogP contribution < -0.4 is 15.4 Å². The molecule has 0 aliphatic carbocycles. The lowest BCUT2D eigenvalue weighted by atomic mass is 10.0. The maximum Gasteiger partial charge on any atom is 0.191 e. The Balaban J connectivity index is 0.00000450. The molecule has 8 heteroatoms. The summed E-state index contributed by atoms with van der Waals surface area (Å²) in [6, 6.07) is 8.56. The maximum atomic E-state index is 5.55. The van der Waals surface area contributed by atoms with E-state index in [-0.39, 0.29) is 30.0 Å². The van der Waals surface area contributed by atoms with Crippen molar-refractivity contribution >= 4 is 29.9 Å². The Morgan fingerprint density at radius 2 is 1.83 bits per heavy atom. The summed E-state index contributed by atoms with van der Waals surface area (Å²) in [5.41, 5.74) is 1.26. The molecule has 0 aromatic heterocycles. The van der Waals surface area contributed by atoms with Gasteiger partial charge in [0.1, 0.15) is 5.75 Å². The quantitative estimate of drug-likeness (QED) is 0.186. The van der Waals surface area contributed by atoms with E-state index in [9.17, 15) is 0 Å². The van der Waals surface area contributed by atoms with E-state index in [1.165, 1.54) is 5.56 Å². The van der Waals surface area contributed by atoms with Crippen LogP contribution in [-0.2, 0) is 9.47 Å². The van der Waals surface area contributed by atoms with Crippen molar-refractivity contribution in [2.75, 3.05) is 66.8 Å². The Kier molecular flexibility index (Phi) is 14.9. The summed E-state index contributed by atoms with van der Waals surface area (Å²) in [4.78, 5) is 7.36. The van der Waals surface area contributed by atoms with E-state index in [1.54, 1.807) is 14.2 Å². The summed E-state index contributed by atoms with van der Waals surface area (Å²) in [6.07, 6.45) is 3.37. The van der Waals surface area contributed by atoms with Crippen LogP contribution in [0.2, 0.25) is 0 Å². The summed E-state index contributed by atoms with van der Waals surface area (Å²) in [7, 11) is 3.45. The smallest absolute Gasteiger partial charge is 0.191 e. The molecule has 30 heavy (non-hydrogen) atoms. The van der Waals surface area contributed by atoms with E-state index in [2.05, 4.69) is 34.6 Å². The van der Waals surface area contributed by atoms with Crippen LogP contribution in [0.25, 0.3) is 0 Å². The number of methoxy groups -OCH3 is 2. The van der Waals surface area contributed by atoms with E-state index >= 15 is 0 Å². The third kappa shape index (κ3) is 9.80. The van der Waals surface area contributed by atoms with Crippen molar-refractivity contribution < 1.29 is 14.2 Å². The fourth-order valence-electron chi connectivity index (χ4n) is 3.42. The summed E-state index contributed by atoms with van der Waals surface area (Å²) < 4.78 is 16.0. The summed E-state index contributed by atoms with van der Waals surface area (Å²) in [5, 5.41) is 6.82. The Bertz CT molecular complexity index is 580. The van der Waals surface area contributed by atoms with Crippen LogP contribution in [0.15, 0.2) is 29.3 Å². The molecule has 1 aromatic rings. The number of nitrogens with one attached hydrogen (secondary N) is 2. The number of rotatable bonds is 12. The lowest BCUT2D eigenvalue weighted by Crippen LogP contribution is -2.42. The molecule has 0 amide bonds. The van der Waals surface area contributed by atoms with Gasteiger partial charge >= 0.3 is 0 Å². The van der Waals surface area contributed by atoms with E-state index in [1.807, 2.05) is 12.1 Å². The monoisotopic (exact) mass is 534 g/mol. The van der Waals surface area contributed by atoms with Gasteiger partial charge in [-0.2, -0.15) is 0 Å². The second kappa shape index (κ2) is 16.6. The van der Waals surface area contributed by atoms with Gasteiger partial charge in [-0.15, -0.1) is 24.0 Å². The predicted molar refractivity (Wildman–Crippen MR) is 133 cm³/mol. The maximum absolute atomic E-state index is 5.55. The van der Waals surface area contributed by atoms with Crippen molar-refractivity contribution in [2.45, 2.75) is 32.2 Å². The molecule has 1 aliphatic heterocycles. The molecule has 0 spiro atoms. The molecular formula is C22H39IN4O3. The molecule has 1 fully saturated rings. The molecule has 1 heterocycles. The van der Waals surface area contributed by atoms with E-state index in [0.29, 0.717) is 6.54 Å². The highest BCUT2D eigenvalue weighted by Gasteiger charge is 2.22. The SMILES string of the molecule is CCNC(=NCC(c1ccc(OC)cc1)N1CCOCC1)NCCCCCOC.I. The third-order valence-corrected chi connectivity index (χ3v) is 5.07. The van der Waals surface area contributed by atoms with E-state index in [4.69, 9.17) is 19.2 Å².